The van der Waals surface area contributed by atoms with Gasteiger partial charge in [0.25, 0.3) is 5.91 Å². The SMILES string of the molecule is CC(C)[C@H]1c2nc(-c3ccccc3)nn2CCN1C(=O)c1cc(-c2ccccn2)n[nH]1. The number of aromatic nitrogens is 6. The summed E-state index contributed by atoms with van der Waals surface area (Å²) in [7, 11) is 0. The van der Waals surface area contributed by atoms with E-state index in [4.69, 9.17) is 10.1 Å². The molecule has 3 aromatic heterocycles. The van der Waals surface area contributed by atoms with E-state index >= 15 is 0 Å². The van der Waals surface area contributed by atoms with E-state index in [1.165, 1.54) is 0 Å². The summed E-state index contributed by atoms with van der Waals surface area (Å²) in [6, 6.07) is 17.1. The van der Waals surface area contributed by atoms with Crippen molar-refractivity contribution in [2.24, 2.45) is 5.92 Å². The van der Waals surface area contributed by atoms with Crippen LogP contribution in [0.3, 0.4) is 0 Å². The fourth-order valence-electron chi connectivity index (χ4n) is 4.05. The number of hydrogen-bond acceptors (Lipinski definition) is 5. The number of amides is 1. The fraction of sp³-hybridized carbons (Fsp3) is 0.261. The Bertz CT molecular complexity index is 1200. The van der Waals surface area contributed by atoms with Crippen LogP contribution in [0.2, 0.25) is 0 Å². The third kappa shape index (κ3) is 3.50. The molecule has 156 valence electrons. The van der Waals surface area contributed by atoms with Gasteiger partial charge in [0.15, 0.2) is 11.6 Å². The van der Waals surface area contributed by atoms with Crippen molar-refractivity contribution in [3.8, 4) is 22.8 Å². The predicted molar refractivity (Wildman–Crippen MR) is 116 cm³/mol. The number of aromatic amines is 1. The zero-order valence-electron chi connectivity index (χ0n) is 17.4. The first-order chi connectivity index (χ1) is 15.1. The number of carbonyl (C=O) groups is 1. The molecule has 0 radical (unpaired) electrons. The minimum atomic E-state index is -0.173. The quantitative estimate of drug-likeness (QED) is 0.552. The molecule has 0 bridgehead atoms. The molecule has 31 heavy (non-hydrogen) atoms. The first kappa shape index (κ1) is 19.2. The Balaban J connectivity index is 1.46. The molecule has 0 unspecified atom stereocenters. The smallest absolute Gasteiger partial charge is 0.272 e. The standard InChI is InChI=1S/C23H23N7O/c1-15(2)20-22-25-21(16-8-4-3-5-9-16)28-30(22)13-12-29(20)23(31)19-14-18(26-27-19)17-10-6-7-11-24-17/h3-11,14-15,20H,12-13H2,1-2H3,(H,26,27)/t20-/m0/s1. The van der Waals surface area contributed by atoms with Gasteiger partial charge in [0.1, 0.15) is 11.4 Å². The van der Waals surface area contributed by atoms with Gasteiger partial charge in [-0.15, -0.1) is 0 Å². The number of carbonyl (C=O) groups excluding carboxylic acids is 1. The van der Waals surface area contributed by atoms with Gasteiger partial charge in [0.05, 0.1) is 18.3 Å². The molecular formula is C23H23N7O. The zero-order chi connectivity index (χ0) is 21.4. The van der Waals surface area contributed by atoms with Crippen molar-refractivity contribution in [3.63, 3.8) is 0 Å². The van der Waals surface area contributed by atoms with Crippen molar-refractivity contribution in [2.45, 2.75) is 26.4 Å². The van der Waals surface area contributed by atoms with E-state index in [2.05, 4.69) is 29.0 Å². The van der Waals surface area contributed by atoms with Crippen molar-refractivity contribution in [1.29, 1.82) is 0 Å². The minimum Gasteiger partial charge on any atom is -0.325 e. The maximum atomic E-state index is 13.4. The lowest BCUT2D eigenvalue weighted by Gasteiger charge is -2.37. The first-order valence-electron chi connectivity index (χ1n) is 10.4. The number of fused-ring (bicyclic) bond motifs is 1. The number of rotatable bonds is 4. The second-order valence-corrected chi connectivity index (χ2v) is 7.95. The Morgan fingerprint density at radius 2 is 1.87 bits per heavy atom. The molecule has 0 spiro atoms. The Labute approximate surface area is 180 Å². The molecule has 0 aliphatic carbocycles. The second-order valence-electron chi connectivity index (χ2n) is 7.95. The summed E-state index contributed by atoms with van der Waals surface area (Å²) in [5, 5.41) is 11.9. The Morgan fingerprint density at radius 3 is 2.61 bits per heavy atom. The minimum absolute atomic E-state index is 0.0936. The number of hydrogen-bond donors (Lipinski definition) is 1. The normalized spacial score (nSPS) is 15.8. The molecule has 1 aliphatic heterocycles. The third-order valence-corrected chi connectivity index (χ3v) is 5.51. The van der Waals surface area contributed by atoms with Gasteiger partial charge in [-0.25, -0.2) is 9.67 Å². The van der Waals surface area contributed by atoms with Crippen LogP contribution in [-0.2, 0) is 6.54 Å². The fourth-order valence-corrected chi connectivity index (χ4v) is 4.05. The van der Waals surface area contributed by atoms with Crippen LogP contribution in [0.15, 0.2) is 60.8 Å². The maximum absolute atomic E-state index is 13.4. The molecule has 5 rings (SSSR count). The average molecular weight is 413 g/mol. The molecule has 1 amide bonds. The summed E-state index contributed by atoms with van der Waals surface area (Å²) < 4.78 is 1.93. The van der Waals surface area contributed by atoms with E-state index in [1.807, 2.05) is 58.1 Å². The van der Waals surface area contributed by atoms with E-state index in [9.17, 15) is 4.79 Å². The molecule has 8 nitrogen and oxygen atoms in total. The van der Waals surface area contributed by atoms with Crippen LogP contribution in [0.25, 0.3) is 22.8 Å². The van der Waals surface area contributed by atoms with Crippen LogP contribution in [-0.4, -0.2) is 47.3 Å². The molecule has 1 N–H and O–H groups in total. The van der Waals surface area contributed by atoms with E-state index in [0.717, 1.165) is 17.1 Å². The van der Waals surface area contributed by atoms with Gasteiger partial charge in [-0.2, -0.15) is 10.2 Å². The van der Waals surface area contributed by atoms with Crippen molar-refractivity contribution in [3.05, 3.63) is 72.3 Å². The van der Waals surface area contributed by atoms with Gasteiger partial charge in [-0.05, 0) is 24.1 Å². The highest BCUT2D eigenvalue weighted by molar-refractivity contribution is 5.93. The lowest BCUT2D eigenvalue weighted by molar-refractivity contribution is 0.0531. The van der Waals surface area contributed by atoms with E-state index in [1.54, 1.807) is 12.3 Å². The van der Waals surface area contributed by atoms with Crippen molar-refractivity contribution >= 4 is 5.91 Å². The Kier molecular flexibility index (Phi) is 4.82. The zero-order valence-corrected chi connectivity index (χ0v) is 17.4. The number of H-pyrrole nitrogens is 1. The summed E-state index contributed by atoms with van der Waals surface area (Å²) in [5.74, 6) is 1.59. The lowest BCUT2D eigenvalue weighted by atomic mass is 9.99. The van der Waals surface area contributed by atoms with E-state index in [-0.39, 0.29) is 17.9 Å². The van der Waals surface area contributed by atoms with Gasteiger partial charge in [0, 0.05) is 18.3 Å². The molecule has 0 saturated heterocycles. The topological polar surface area (TPSA) is 92.6 Å². The van der Waals surface area contributed by atoms with E-state index < -0.39 is 0 Å². The summed E-state index contributed by atoms with van der Waals surface area (Å²) >= 11 is 0. The molecule has 0 fully saturated rings. The molecule has 4 aromatic rings. The molecule has 0 saturated carbocycles. The molecule has 1 aromatic carbocycles. The number of nitrogens with zero attached hydrogens (tertiary/aromatic N) is 6. The van der Waals surface area contributed by atoms with Crippen LogP contribution in [0.4, 0.5) is 0 Å². The van der Waals surface area contributed by atoms with Crippen molar-refractivity contribution < 1.29 is 4.79 Å². The van der Waals surface area contributed by atoms with Crippen LogP contribution >= 0.6 is 0 Å². The third-order valence-electron chi connectivity index (χ3n) is 5.51. The highest BCUT2D eigenvalue weighted by Crippen LogP contribution is 2.33. The van der Waals surface area contributed by atoms with Gasteiger partial charge in [-0.3, -0.25) is 14.9 Å². The highest BCUT2D eigenvalue weighted by Gasteiger charge is 2.37. The van der Waals surface area contributed by atoms with Crippen molar-refractivity contribution in [2.75, 3.05) is 6.54 Å². The summed E-state index contributed by atoms with van der Waals surface area (Å²) in [4.78, 5) is 24.4. The monoisotopic (exact) mass is 413 g/mol. The van der Waals surface area contributed by atoms with Gasteiger partial charge in [-0.1, -0.05) is 50.2 Å². The maximum Gasteiger partial charge on any atom is 0.272 e. The van der Waals surface area contributed by atoms with Crippen molar-refractivity contribution in [1.82, 2.24) is 34.8 Å². The van der Waals surface area contributed by atoms with Gasteiger partial charge >= 0.3 is 0 Å². The van der Waals surface area contributed by atoms with Crippen LogP contribution < -0.4 is 0 Å². The number of pyridine rings is 1. The molecule has 1 atom stereocenters. The Hall–Kier alpha value is -3.81. The summed E-state index contributed by atoms with van der Waals surface area (Å²) in [6.07, 6.45) is 1.71. The summed E-state index contributed by atoms with van der Waals surface area (Å²) in [5.41, 5.74) is 2.79. The number of nitrogens with one attached hydrogen (secondary N) is 1. The average Bonchev–Trinajstić information content (AvgIpc) is 3.46. The van der Waals surface area contributed by atoms with Gasteiger partial charge in [0.2, 0.25) is 0 Å². The van der Waals surface area contributed by atoms with Crippen LogP contribution in [0, 0.1) is 5.92 Å². The second kappa shape index (κ2) is 7.79. The first-order valence-corrected chi connectivity index (χ1v) is 10.4. The van der Waals surface area contributed by atoms with E-state index in [0.29, 0.717) is 30.3 Å². The molecular weight excluding hydrogens is 390 g/mol. The highest BCUT2D eigenvalue weighted by atomic mass is 16.2. The summed E-state index contributed by atoms with van der Waals surface area (Å²) in [6.45, 7) is 5.36. The molecule has 8 heteroatoms. The van der Waals surface area contributed by atoms with Crippen LogP contribution in [0.1, 0.15) is 36.2 Å². The largest absolute Gasteiger partial charge is 0.325 e. The molecule has 1 aliphatic rings. The predicted octanol–water partition coefficient (Wildman–Crippen LogP) is 3.58. The number of benzene rings is 1. The molecule has 4 heterocycles. The van der Waals surface area contributed by atoms with Gasteiger partial charge < -0.3 is 4.90 Å². The Morgan fingerprint density at radius 1 is 1.06 bits per heavy atom. The van der Waals surface area contributed by atoms with Crippen LogP contribution in [0.5, 0.6) is 0 Å². The lowest BCUT2D eigenvalue weighted by Crippen LogP contribution is -2.44.